The highest BCUT2D eigenvalue weighted by atomic mass is 19.1. The van der Waals surface area contributed by atoms with E-state index in [1.54, 1.807) is 18.2 Å². The third kappa shape index (κ3) is 5.85. The number of H-pyrrole nitrogens is 1. The largest absolute Gasteiger partial charge is 0.481 e. The lowest BCUT2D eigenvalue weighted by atomic mass is 9.75. The lowest BCUT2D eigenvalue weighted by Gasteiger charge is -2.41. The number of benzene rings is 1. The second kappa shape index (κ2) is 9.22. The number of hydrogen-bond donors (Lipinski definition) is 4. The van der Waals surface area contributed by atoms with Gasteiger partial charge in [0.05, 0.1) is 5.41 Å². The molecule has 2 heterocycles. The summed E-state index contributed by atoms with van der Waals surface area (Å²) in [4.78, 5) is 25.7. The van der Waals surface area contributed by atoms with Crippen molar-refractivity contribution in [2.24, 2.45) is 5.41 Å². The number of hydrogen-bond acceptors (Lipinski definition) is 5. The van der Waals surface area contributed by atoms with Gasteiger partial charge in [-0.05, 0) is 25.0 Å². The van der Waals surface area contributed by atoms with Gasteiger partial charge in [0.2, 0.25) is 5.91 Å². The molecule has 1 aromatic carbocycles. The van der Waals surface area contributed by atoms with Crippen LogP contribution in [0.4, 0.5) is 4.39 Å². The SMILES string of the molecule is CC(=O)O.Cc1nc(CCNC(=O)C2(Cc3ccccc3F)CNC2)n[nH]1. The number of aromatic nitrogens is 3. The molecule has 1 amide bonds. The van der Waals surface area contributed by atoms with Gasteiger partial charge in [0, 0.05) is 33.0 Å². The standard InChI is InChI=1S/C16H20FN5O.C2H4O2/c1-11-20-14(22-21-11)6-7-19-15(23)16(9-18-10-16)8-12-4-2-3-5-13(12)17;1-2(3)4/h2-5,18H,6-10H2,1H3,(H,19,23)(H,20,21,22);1H3,(H,3,4). The van der Waals surface area contributed by atoms with Crippen molar-refractivity contribution in [2.75, 3.05) is 19.6 Å². The van der Waals surface area contributed by atoms with Crippen LogP contribution in [0.3, 0.4) is 0 Å². The van der Waals surface area contributed by atoms with E-state index in [9.17, 15) is 9.18 Å². The first kappa shape index (κ1) is 20.5. The minimum Gasteiger partial charge on any atom is -0.481 e. The molecule has 0 saturated carbocycles. The van der Waals surface area contributed by atoms with E-state index in [1.807, 2.05) is 6.92 Å². The third-order valence-electron chi connectivity index (χ3n) is 4.17. The van der Waals surface area contributed by atoms with Crippen molar-refractivity contribution in [3.63, 3.8) is 0 Å². The average molecular weight is 377 g/mol. The maximum absolute atomic E-state index is 13.8. The Labute approximate surface area is 156 Å². The number of amides is 1. The quantitative estimate of drug-likeness (QED) is 0.592. The summed E-state index contributed by atoms with van der Waals surface area (Å²) >= 11 is 0. The van der Waals surface area contributed by atoms with Crippen LogP contribution < -0.4 is 10.6 Å². The topological polar surface area (TPSA) is 120 Å². The highest BCUT2D eigenvalue weighted by molar-refractivity contribution is 5.84. The van der Waals surface area contributed by atoms with Crippen molar-refractivity contribution in [3.8, 4) is 0 Å². The molecule has 27 heavy (non-hydrogen) atoms. The Kier molecular flexibility index (Phi) is 7.00. The molecule has 9 heteroatoms. The zero-order valence-corrected chi connectivity index (χ0v) is 15.4. The fourth-order valence-electron chi connectivity index (χ4n) is 2.78. The number of nitrogens with zero attached hydrogens (tertiary/aromatic N) is 2. The molecule has 1 aromatic heterocycles. The second-order valence-corrected chi connectivity index (χ2v) is 6.51. The van der Waals surface area contributed by atoms with Crippen molar-refractivity contribution in [1.82, 2.24) is 25.8 Å². The van der Waals surface area contributed by atoms with Crippen molar-refractivity contribution in [2.45, 2.75) is 26.7 Å². The fourth-order valence-corrected chi connectivity index (χ4v) is 2.78. The molecule has 4 N–H and O–H groups in total. The molecule has 1 aliphatic heterocycles. The number of carboxylic acids is 1. The Morgan fingerprint density at radius 1 is 1.33 bits per heavy atom. The van der Waals surface area contributed by atoms with Crippen molar-refractivity contribution < 1.29 is 19.1 Å². The Bertz CT molecular complexity index is 785. The summed E-state index contributed by atoms with van der Waals surface area (Å²) in [6.45, 7) is 4.51. The van der Waals surface area contributed by atoms with Crippen molar-refractivity contribution in [1.29, 1.82) is 0 Å². The van der Waals surface area contributed by atoms with Crippen LogP contribution in [-0.4, -0.2) is 51.8 Å². The summed E-state index contributed by atoms with van der Waals surface area (Å²) in [5.74, 6) is 0.290. The Balaban J connectivity index is 0.000000596. The summed E-state index contributed by atoms with van der Waals surface area (Å²) in [5, 5.41) is 20.3. The number of aryl methyl sites for hydroxylation is 1. The molecule has 0 spiro atoms. The van der Waals surface area contributed by atoms with Gasteiger partial charge in [0.1, 0.15) is 11.6 Å². The summed E-state index contributed by atoms with van der Waals surface area (Å²) < 4.78 is 13.8. The minimum atomic E-state index is -0.833. The number of rotatable bonds is 6. The van der Waals surface area contributed by atoms with Gasteiger partial charge < -0.3 is 15.7 Å². The molecule has 3 rings (SSSR count). The van der Waals surface area contributed by atoms with E-state index in [4.69, 9.17) is 9.90 Å². The summed E-state index contributed by atoms with van der Waals surface area (Å²) in [6.07, 6.45) is 0.970. The molecule has 2 aromatic rings. The van der Waals surface area contributed by atoms with E-state index in [0.717, 1.165) is 12.7 Å². The molecular formula is C18H24FN5O3. The molecular weight excluding hydrogens is 353 g/mol. The van der Waals surface area contributed by atoms with Gasteiger partial charge in [-0.2, -0.15) is 5.10 Å². The smallest absolute Gasteiger partial charge is 0.300 e. The normalized spacial score (nSPS) is 14.5. The minimum absolute atomic E-state index is 0.0493. The van der Waals surface area contributed by atoms with Crippen LogP contribution in [-0.2, 0) is 22.4 Å². The Morgan fingerprint density at radius 2 is 2.00 bits per heavy atom. The summed E-state index contributed by atoms with van der Waals surface area (Å²) in [7, 11) is 0. The first-order chi connectivity index (χ1) is 12.8. The zero-order valence-electron chi connectivity index (χ0n) is 15.4. The number of carboxylic acid groups (broad SMARTS) is 1. The zero-order chi connectivity index (χ0) is 19.9. The first-order valence-corrected chi connectivity index (χ1v) is 8.62. The molecule has 0 unspecified atom stereocenters. The number of carbonyl (C=O) groups is 2. The molecule has 0 bridgehead atoms. The van der Waals surface area contributed by atoms with Crippen molar-refractivity contribution in [3.05, 3.63) is 47.3 Å². The predicted octanol–water partition coefficient (Wildman–Crippen LogP) is 0.834. The molecule has 146 valence electrons. The average Bonchev–Trinajstić information content (AvgIpc) is 2.97. The maximum Gasteiger partial charge on any atom is 0.300 e. The van der Waals surface area contributed by atoms with Gasteiger partial charge in [0.25, 0.3) is 5.97 Å². The van der Waals surface area contributed by atoms with Crippen LogP contribution in [0.25, 0.3) is 0 Å². The second-order valence-electron chi connectivity index (χ2n) is 6.51. The van der Waals surface area contributed by atoms with Gasteiger partial charge in [-0.1, -0.05) is 18.2 Å². The van der Waals surface area contributed by atoms with E-state index in [2.05, 4.69) is 25.8 Å². The molecule has 1 saturated heterocycles. The number of aromatic amines is 1. The Hall–Kier alpha value is -2.81. The summed E-state index contributed by atoms with van der Waals surface area (Å²) in [6, 6.07) is 6.61. The number of aliphatic carboxylic acids is 1. The van der Waals surface area contributed by atoms with Gasteiger partial charge >= 0.3 is 0 Å². The number of halogens is 1. The van der Waals surface area contributed by atoms with Crippen molar-refractivity contribution >= 4 is 11.9 Å². The van der Waals surface area contributed by atoms with Crippen LogP contribution >= 0.6 is 0 Å². The first-order valence-electron chi connectivity index (χ1n) is 8.62. The van der Waals surface area contributed by atoms with E-state index < -0.39 is 11.4 Å². The van der Waals surface area contributed by atoms with E-state index in [1.165, 1.54) is 6.07 Å². The van der Waals surface area contributed by atoms with Crippen LogP contribution in [0.2, 0.25) is 0 Å². The molecule has 0 radical (unpaired) electrons. The molecule has 0 atom stereocenters. The fraction of sp³-hybridized carbons (Fsp3) is 0.444. The van der Waals surface area contributed by atoms with Gasteiger partial charge in [0.15, 0.2) is 5.82 Å². The molecule has 8 nitrogen and oxygen atoms in total. The Morgan fingerprint density at radius 3 is 2.52 bits per heavy atom. The van der Waals surface area contributed by atoms with E-state index >= 15 is 0 Å². The molecule has 0 aliphatic carbocycles. The highest BCUT2D eigenvalue weighted by Gasteiger charge is 2.44. The van der Waals surface area contributed by atoms with Crippen LogP contribution in [0.5, 0.6) is 0 Å². The maximum atomic E-state index is 13.8. The molecule has 1 aliphatic rings. The van der Waals surface area contributed by atoms with E-state index in [0.29, 0.717) is 43.9 Å². The number of nitrogens with one attached hydrogen (secondary N) is 3. The van der Waals surface area contributed by atoms with Gasteiger partial charge in [-0.25, -0.2) is 9.37 Å². The highest BCUT2D eigenvalue weighted by Crippen LogP contribution is 2.29. The third-order valence-corrected chi connectivity index (χ3v) is 4.17. The molecule has 1 fully saturated rings. The lowest BCUT2D eigenvalue weighted by molar-refractivity contribution is -0.135. The van der Waals surface area contributed by atoms with Crippen LogP contribution in [0.15, 0.2) is 24.3 Å². The van der Waals surface area contributed by atoms with E-state index in [-0.39, 0.29) is 11.7 Å². The number of carbonyl (C=O) groups excluding carboxylic acids is 1. The van der Waals surface area contributed by atoms with Gasteiger partial charge in [-0.3, -0.25) is 14.7 Å². The van der Waals surface area contributed by atoms with Gasteiger partial charge in [-0.15, -0.1) is 0 Å². The monoisotopic (exact) mass is 377 g/mol. The summed E-state index contributed by atoms with van der Waals surface area (Å²) in [5.41, 5.74) is 0.00523. The van der Waals surface area contributed by atoms with Crippen LogP contribution in [0, 0.1) is 18.2 Å². The predicted molar refractivity (Wildman–Crippen MR) is 96.5 cm³/mol. The lowest BCUT2D eigenvalue weighted by Crippen LogP contribution is -2.62. The van der Waals surface area contributed by atoms with Crippen LogP contribution in [0.1, 0.15) is 24.1 Å².